The predicted octanol–water partition coefficient (Wildman–Crippen LogP) is 3.08. The van der Waals surface area contributed by atoms with Crippen molar-refractivity contribution in [2.45, 2.75) is 39.2 Å². The highest BCUT2D eigenvalue weighted by atomic mass is 16.5. The number of fused-ring (bicyclic) bond motifs is 1. The van der Waals surface area contributed by atoms with E-state index in [1.54, 1.807) is 12.1 Å². The third-order valence-corrected chi connectivity index (χ3v) is 5.25. The van der Waals surface area contributed by atoms with Gasteiger partial charge in [0, 0.05) is 32.1 Å². The molecule has 2 aromatic rings. The summed E-state index contributed by atoms with van der Waals surface area (Å²) in [4.78, 5) is 24.6. The molecule has 1 atom stereocenters. The molecule has 0 bridgehead atoms. The Hall–Kier alpha value is -3.16. The molecule has 0 saturated heterocycles. The molecule has 1 unspecified atom stereocenters. The predicted molar refractivity (Wildman–Crippen MR) is 112 cm³/mol. The zero-order valence-electron chi connectivity index (χ0n) is 17.6. The molecule has 0 fully saturated rings. The molecule has 1 aromatic heterocycles. The lowest BCUT2D eigenvalue weighted by atomic mass is 9.86. The van der Waals surface area contributed by atoms with Gasteiger partial charge in [-0.15, -0.1) is 10.2 Å². The summed E-state index contributed by atoms with van der Waals surface area (Å²) in [6, 6.07) is 9.40. The molecular formula is C22H28N4O4. The van der Waals surface area contributed by atoms with Crippen molar-refractivity contribution < 1.29 is 19.4 Å². The number of carboxylic acid groups (broad SMARTS) is 1. The lowest BCUT2D eigenvalue weighted by Gasteiger charge is -2.24. The summed E-state index contributed by atoms with van der Waals surface area (Å²) in [5.41, 5.74) is 3.62. The quantitative estimate of drug-likeness (QED) is 0.756. The fraction of sp³-hybridized carbons (Fsp3) is 0.455. The van der Waals surface area contributed by atoms with Gasteiger partial charge in [0.1, 0.15) is 6.61 Å². The molecule has 0 spiro atoms. The molecule has 8 nitrogen and oxygen atoms in total. The van der Waals surface area contributed by atoms with E-state index in [9.17, 15) is 14.7 Å². The van der Waals surface area contributed by atoms with Gasteiger partial charge in [0.2, 0.25) is 5.88 Å². The number of hydrogen-bond donors (Lipinski definition) is 2. The topological polar surface area (TPSA) is 105 Å². The number of ether oxygens (including phenoxy) is 1. The summed E-state index contributed by atoms with van der Waals surface area (Å²) in [6.07, 6.45) is 0.767. The van der Waals surface area contributed by atoms with Gasteiger partial charge in [0.25, 0.3) is 5.91 Å². The molecule has 2 N–H and O–H groups in total. The number of rotatable bonds is 6. The van der Waals surface area contributed by atoms with E-state index >= 15 is 0 Å². The van der Waals surface area contributed by atoms with Crippen molar-refractivity contribution in [3.63, 3.8) is 0 Å². The van der Waals surface area contributed by atoms with Crippen molar-refractivity contribution >= 4 is 12.0 Å². The van der Waals surface area contributed by atoms with E-state index in [4.69, 9.17) is 4.74 Å². The van der Waals surface area contributed by atoms with Crippen LogP contribution in [0.25, 0.3) is 0 Å². The van der Waals surface area contributed by atoms with Gasteiger partial charge in [-0.25, -0.2) is 4.79 Å². The van der Waals surface area contributed by atoms with Gasteiger partial charge in [0.15, 0.2) is 5.69 Å². The molecule has 1 aromatic carbocycles. The molecule has 0 saturated carbocycles. The third-order valence-electron chi connectivity index (χ3n) is 5.25. The third kappa shape index (κ3) is 5.25. The van der Waals surface area contributed by atoms with Crippen molar-refractivity contribution in [2.24, 2.45) is 5.92 Å². The molecule has 160 valence electrons. The van der Waals surface area contributed by atoms with Crippen molar-refractivity contribution in [1.29, 1.82) is 0 Å². The second-order valence-electron chi connectivity index (χ2n) is 7.96. The SMILES string of the molecule is CNC(=O)c1ccc(OCc2ccc3c(c2)CCN(C(=O)O)CC3CC(C)C)nn1. The van der Waals surface area contributed by atoms with Gasteiger partial charge < -0.3 is 20.1 Å². The Morgan fingerprint density at radius 3 is 2.70 bits per heavy atom. The first-order valence-electron chi connectivity index (χ1n) is 10.2. The van der Waals surface area contributed by atoms with Crippen LogP contribution in [0.3, 0.4) is 0 Å². The largest absolute Gasteiger partial charge is 0.472 e. The van der Waals surface area contributed by atoms with Gasteiger partial charge in [-0.05, 0) is 41.5 Å². The summed E-state index contributed by atoms with van der Waals surface area (Å²) in [7, 11) is 1.54. The van der Waals surface area contributed by atoms with Crippen LogP contribution in [0.4, 0.5) is 4.79 Å². The molecule has 1 aliphatic rings. The van der Waals surface area contributed by atoms with Crippen LogP contribution in [0.1, 0.15) is 53.4 Å². The van der Waals surface area contributed by atoms with Crippen molar-refractivity contribution in [1.82, 2.24) is 20.4 Å². The Kier molecular flexibility index (Phi) is 6.87. The maximum absolute atomic E-state index is 11.6. The second kappa shape index (κ2) is 9.56. The summed E-state index contributed by atoms with van der Waals surface area (Å²) in [6.45, 7) is 5.67. The maximum Gasteiger partial charge on any atom is 0.407 e. The second-order valence-corrected chi connectivity index (χ2v) is 7.96. The van der Waals surface area contributed by atoms with Gasteiger partial charge in [-0.1, -0.05) is 32.0 Å². The highest BCUT2D eigenvalue weighted by Gasteiger charge is 2.26. The first-order chi connectivity index (χ1) is 14.4. The zero-order valence-corrected chi connectivity index (χ0v) is 17.6. The van der Waals surface area contributed by atoms with Crippen LogP contribution < -0.4 is 10.1 Å². The number of carbonyl (C=O) groups excluding carboxylic acids is 1. The minimum absolute atomic E-state index is 0.191. The van der Waals surface area contributed by atoms with E-state index in [2.05, 4.69) is 41.5 Å². The molecule has 2 amide bonds. The molecule has 0 radical (unpaired) electrons. The van der Waals surface area contributed by atoms with Gasteiger partial charge in [-0.2, -0.15) is 0 Å². The van der Waals surface area contributed by atoms with Crippen LogP contribution >= 0.6 is 0 Å². The van der Waals surface area contributed by atoms with Crippen LogP contribution in [0, 0.1) is 5.92 Å². The summed E-state index contributed by atoms with van der Waals surface area (Å²) < 4.78 is 5.72. The van der Waals surface area contributed by atoms with Crippen LogP contribution in [-0.4, -0.2) is 52.3 Å². The van der Waals surface area contributed by atoms with E-state index in [0.29, 0.717) is 37.9 Å². The van der Waals surface area contributed by atoms with Gasteiger partial charge >= 0.3 is 6.09 Å². The first-order valence-corrected chi connectivity index (χ1v) is 10.2. The molecule has 1 aliphatic heterocycles. The first kappa shape index (κ1) is 21.5. The average molecular weight is 412 g/mol. The molecule has 8 heteroatoms. The van der Waals surface area contributed by atoms with Gasteiger partial charge in [-0.3, -0.25) is 4.79 Å². The lowest BCUT2D eigenvalue weighted by Crippen LogP contribution is -2.33. The number of nitrogens with one attached hydrogen (secondary N) is 1. The highest BCUT2D eigenvalue weighted by Crippen LogP contribution is 2.31. The number of nitrogens with zero attached hydrogens (tertiary/aromatic N) is 3. The van der Waals surface area contributed by atoms with E-state index < -0.39 is 6.09 Å². The van der Waals surface area contributed by atoms with Crippen molar-refractivity contribution in [3.05, 3.63) is 52.7 Å². The fourth-order valence-electron chi connectivity index (χ4n) is 3.82. The molecule has 0 aliphatic carbocycles. The molecule has 3 rings (SSSR count). The number of hydrogen-bond acceptors (Lipinski definition) is 5. The van der Waals surface area contributed by atoms with Gasteiger partial charge in [0.05, 0.1) is 0 Å². The average Bonchev–Trinajstić information content (AvgIpc) is 2.91. The minimum atomic E-state index is -0.862. The smallest absolute Gasteiger partial charge is 0.407 e. The van der Waals surface area contributed by atoms with E-state index in [0.717, 1.165) is 12.0 Å². The van der Waals surface area contributed by atoms with Crippen LogP contribution in [-0.2, 0) is 13.0 Å². The highest BCUT2D eigenvalue weighted by molar-refractivity contribution is 5.91. The summed E-state index contributed by atoms with van der Waals surface area (Å²) in [5.74, 6) is 0.714. The van der Waals surface area contributed by atoms with Crippen molar-refractivity contribution in [2.75, 3.05) is 20.1 Å². The minimum Gasteiger partial charge on any atom is -0.472 e. The van der Waals surface area contributed by atoms with E-state index in [1.807, 2.05) is 6.07 Å². The Morgan fingerprint density at radius 1 is 1.27 bits per heavy atom. The number of amides is 2. The van der Waals surface area contributed by atoms with Crippen LogP contribution in [0.5, 0.6) is 5.88 Å². The number of aromatic nitrogens is 2. The number of benzene rings is 1. The van der Waals surface area contributed by atoms with E-state index in [-0.39, 0.29) is 17.5 Å². The monoisotopic (exact) mass is 412 g/mol. The summed E-state index contributed by atoms with van der Waals surface area (Å²) >= 11 is 0. The molecular weight excluding hydrogens is 384 g/mol. The lowest BCUT2D eigenvalue weighted by molar-refractivity contribution is 0.0956. The molecule has 30 heavy (non-hydrogen) atoms. The van der Waals surface area contributed by atoms with Crippen LogP contribution in [0.2, 0.25) is 0 Å². The maximum atomic E-state index is 11.6. The number of carbonyl (C=O) groups is 2. The fourth-order valence-corrected chi connectivity index (χ4v) is 3.82. The Labute approximate surface area is 176 Å². The Bertz CT molecular complexity index is 899. The summed E-state index contributed by atoms with van der Waals surface area (Å²) in [5, 5.41) is 19.8. The Balaban J connectivity index is 1.73. The molecule has 2 heterocycles. The zero-order chi connectivity index (χ0) is 21.7. The van der Waals surface area contributed by atoms with Crippen LogP contribution in [0.15, 0.2) is 30.3 Å². The Morgan fingerprint density at radius 2 is 2.07 bits per heavy atom. The van der Waals surface area contributed by atoms with Crippen molar-refractivity contribution in [3.8, 4) is 5.88 Å². The van der Waals surface area contributed by atoms with E-state index in [1.165, 1.54) is 23.1 Å². The standard InChI is InChI=1S/C22H28N4O4/c1-14(2)10-17-12-26(22(28)29)9-8-16-11-15(4-5-18(16)17)13-30-20-7-6-19(24-25-20)21(27)23-3/h4-7,11,14,17H,8-10,12-13H2,1-3H3,(H,23,27)(H,28,29). The normalized spacial score (nSPS) is 16.0.